The van der Waals surface area contributed by atoms with Gasteiger partial charge in [0.25, 0.3) is 0 Å². The highest BCUT2D eigenvalue weighted by Crippen LogP contribution is 2.11. The molecule has 0 saturated heterocycles. The zero-order valence-electron chi connectivity index (χ0n) is 9.43. The molecule has 0 aliphatic carbocycles. The van der Waals surface area contributed by atoms with Crippen LogP contribution in [0, 0.1) is 6.92 Å². The Morgan fingerprint density at radius 3 is 2.94 bits per heavy atom. The minimum atomic E-state index is 0.161. The highest BCUT2D eigenvalue weighted by atomic mass is 32.1. The molecule has 2 rings (SSSR count). The fourth-order valence-corrected chi connectivity index (χ4v) is 2.40. The molecule has 0 radical (unpaired) electrons. The lowest BCUT2D eigenvalue weighted by molar-refractivity contribution is 0.0974. The number of Topliss-reactive ketones (excluding diaryl/α,β-unsaturated/α-hetero) is 1. The van der Waals surface area contributed by atoms with Crippen molar-refractivity contribution in [2.24, 2.45) is 7.05 Å². The van der Waals surface area contributed by atoms with Crippen molar-refractivity contribution in [2.45, 2.75) is 19.8 Å². The van der Waals surface area contributed by atoms with Gasteiger partial charge >= 0.3 is 0 Å². The first-order valence-corrected chi connectivity index (χ1v) is 6.16. The molecule has 16 heavy (non-hydrogen) atoms. The molecule has 0 atom stereocenters. The molecule has 0 saturated carbocycles. The lowest BCUT2D eigenvalue weighted by Gasteiger charge is -2.00. The van der Waals surface area contributed by atoms with E-state index in [4.69, 9.17) is 0 Å². The molecule has 2 aromatic rings. The number of carbonyl (C=O) groups is 1. The van der Waals surface area contributed by atoms with E-state index in [-0.39, 0.29) is 5.78 Å². The number of aryl methyl sites for hydroxylation is 3. The summed E-state index contributed by atoms with van der Waals surface area (Å²) < 4.78 is 1.66. The fourth-order valence-electron chi connectivity index (χ4n) is 1.69. The average molecular weight is 234 g/mol. The molecule has 0 aliphatic rings. The monoisotopic (exact) mass is 234 g/mol. The molecule has 84 valence electrons. The molecule has 0 aromatic carbocycles. The maximum absolute atomic E-state index is 11.9. The van der Waals surface area contributed by atoms with Crippen molar-refractivity contribution in [3.05, 3.63) is 39.8 Å². The number of aromatic nitrogens is 2. The van der Waals surface area contributed by atoms with Gasteiger partial charge < -0.3 is 0 Å². The van der Waals surface area contributed by atoms with Crippen LogP contribution in [0.5, 0.6) is 0 Å². The summed E-state index contributed by atoms with van der Waals surface area (Å²) in [6.07, 6.45) is 1.36. The predicted molar refractivity (Wildman–Crippen MR) is 64.9 cm³/mol. The second-order valence-electron chi connectivity index (χ2n) is 3.85. The van der Waals surface area contributed by atoms with E-state index in [1.165, 1.54) is 5.56 Å². The van der Waals surface area contributed by atoms with Crippen LogP contribution >= 0.6 is 11.3 Å². The van der Waals surface area contributed by atoms with E-state index in [2.05, 4.69) is 16.5 Å². The van der Waals surface area contributed by atoms with Gasteiger partial charge in [0.2, 0.25) is 0 Å². The van der Waals surface area contributed by atoms with Crippen LogP contribution in [0.15, 0.2) is 22.9 Å². The molecule has 2 aromatic heterocycles. The summed E-state index contributed by atoms with van der Waals surface area (Å²) in [4.78, 5) is 11.9. The van der Waals surface area contributed by atoms with Crippen LogP contribution in [0.1, 0.15) is 28.2 Å². The van der Waals surface area contributed by atoms with Crippen molar-refractivity contribution in [3.8, 4) is 0 Å². The molecular weight excluding hydrogens is 220 g/mol. The van der Waals surface area contributed by atoms with Gasteiger partial charge in [-0.3, -0.25) is 9.48 Å². The molecule has 0 bridgehead atoms. The molecule has 0 amide bonds. The van der Waals surface area contributed by atoms with Gasteiger partial charge in [-0.25, -0.2) is 0 Å². The summed E-state index contributed by atoms with van der Waals surface area (Å²) in [5.74, 6) is 0.161. The van der Waals surface area contributed by atoms with Crippen molar-refractivity contribution >= 4 is 17.1 Å². The van der Waals surface area contributed by atoms with Gasteiger partial charge in [-0.05, 0) is 41.8 Å². The second kappa shape index (κ2) is 4.61. The van der Waals surface area contributed by atoms with Gasteiger partial charge in [0.15, 0.2) is 5.78 Å². The summed E-state index contributed by atoms with van der Waals surface area (Å²) in [5.41, 5.74) is 2.83. The Balaban J connectivity index is 2.01. The summed E-state index contributed by atoms with van der Waals surface area (Å²) >= 11 is 1.67. The Morgan fingerprint density at radius 2 is 2.38 bits per heavy atom. The zero-order valence-corrected chi connectivity index (χ0v) is 10.3. The van der Waals surface area contributed by atoms with E-state index in [0.717, 1.165) is 12.1 Å². The Bertz CT molecular complexity index is 485. The topological polar surface area (TPSA) is 34.9 Å². The molecule has 0 aliphatic heterocycles. The summed E-state index contributed by atoms with van der Waals surface area (Å²) in [7, 11) is 1.81. The van der Waals surface area contributed by atoms with Crippen molar-refractivity contribution < 1.29 is 4.79 Å². The van der Waals surface area contributed by atoms with E-state index in [9.17, 15) is 4.79 Å². The van der Waals surface area contributed by atoms with Gasteiger partial charge in [0.05, 0.1) is 5.69 Å². The summed E-state index contributed by atoms with van der Waals surface area (Å²) in [5, 5.41) is 8.30. The number of nitrogens with zero attached hydrogens (tertiary/aromatic N) is 2. The van der Waals surface area contributed by atoms with Gasteiger partial charge in [-0.2, -0.15) is 16.4 Å². The van der Waals surface area contributed by atoms with Crippen LogP contribution in [0.4, 0.5) is 0 Å². The molecule has 3 nitrogen and oxygen atoms in total. The summed E-state index contributed by atoms with van der Waals surface area (Å²) in [6.45, 7) is 1.90. The second-order valence-corrected chi connectivity index (χ2v) is 4.63. The van der Waals surface area contributed by atoms with Gasteiger partial charge in [0, 0.05) is 13.5 Å². The number of rotatable bonds is 4. The smallest absolute Gasteiger partial charge is 0.181 e. The van der Waals surface area contributed by atoms with E-state index >= 15 is 0 Å². The first-order valence-electron chi connectivity index (χ1n) is 5.22. The van der Waals surface area contributed by atoms with Crippen molar-refractivity contribution in [1.29, 1.82) is 0 Å². The van der Waals surface area contributed by atoms with Gasteiger partial charge in [-0.1, -0.05) is 0 Å². The molecular formula is C12H14N2OS. The maximum Gasteiger partial charge on any atom is 0.181 e. The SMILES string of the molecule is Cc1cc(C(=O)CCc2ccsc2)n(C)n1. The quantitative estimate of drug-likeness (QED) is 0.762. The summed E-state index contributed by atoms with van der Waals surface area (Å²) in [6, 6.07) is 3.91. The van der Waals surface area contributed by atoms with Crippen LogP contribution in [0.2, 0.25) is 0 Å². The van der Waals surface area contributed by atoms with Crippen LogP contribution < -0.4 is 0 Å². The number of hydrogen-bond acceptors (Lipinski definition) is 3. The molecule has 0 fully saturated rings. The Kier molecular flexibility index (Phi) is 3.19. The maximum atomic E-state index is 11.9. The number of carbonyl (C=O) groups excluding carboxylic acids is 1. The van der Waals surface area contributed by atoms with Gasteiger partial charge in [-0.15, -0.1) is 0 Å². The number of thiophene rings is 1. The van der Waals surface area contributed by atoms with Crippen LogP contribution in [0.25, 0.3) is 0 Å². The lowest BCUT2D eigenvalue weighted by Crippen LogP contribution is -2.07. The Labute approximate surface area is 98.7 Å². The molecule has 0 unspecified atom stereocenters. The number of ketones is 1. The van der Waals surface area contributed by atoms with Crippen molar-refractivity contribution in [2.75, 3.05) is 0 Å². The van der Waals surface area contributed by atoms with Crippen LogP contribution in [0.3, 0.4) is 0 Å². The number of hydrogen-bond donors (Lipinski definition) is 0. The molecule has 0 N–H and O–H groups in total. The molecule has 4 heteroatoms. The van der Waals surface area contributed by atoms with E-state index in [1.54, 1.807) is 16.0 Å². The minimum Gasteiger partial charge on any atom is -0.292 e. The fraction of sp³-hybridized carbons (Fsp3) is 0.333. The first-order chi connectivity index (χ1) is 7.66. The van der Waals surface area contributed by atoms with Gasteiger partial charge in [0.1, 0.15) is 5.69 Å². The minimum absolute atomic E-state index is 0.161. The largest absolute Gasteiger partial charge is 0.292 e. The van der Waals surface area contributed by atoms with E-state index < -0.39 is 0 Å². The third-order valence-electron chi connectivity index (χ3n) is 2.51. The van der Waals surface area contributed by atoms with Crippen LogP contribution in [-0.2, 0) is 13.5 Å². The Hall–Kier alpha value is -1.42. The van der Waals surface area contributed by atoms with E-state index in [0.29, 0.717) is 12.1 Å². The normalized spacial score (nSPS) is 10.6. The zero-order chi connectivity index (χ0) is 11.5. The Morgan fingerprint density at radius 1 is 1.56 bits per heavy atom. The molecule has 0 spiro atoms. The highest BCUT2D eigenvalue weighted by molar-refractivity contribution is 7.07. The van der Waals surface area contributed by atoms with Crippen molar-refractivity contribution in [1.82, 2.24) is 9.78 Å². The standard InChI is InChI=1S/C12H14N2OS/c1-9-7-11(14(2)13-9)12(15)4-3-10-5-6-16-8-10/h5-8H,3-4H2,1-2H3. The van der Waals surface area contributed by atoms with Crippen molar-refractivity contribution in [3.63, 3.8) is 0 Å². The van der Waals surface area contributed by atoms with Crippen LogP contribution in [-0.4, -0.2) is 15.6 Å². The highest BCUT2D eigenvalue weighted by Gasteiger charge is 2.11. The lowest BCUT2D eigenvalue weighted by atomic mass is 10.1. The third kappa shape index (κ3) is 2.39. The third-order valence-corrected chi connectivity index (χ3v) is 3.24. The van der Waals surface area contributed by atoms with E-state index in [1.807, 2.05) is 25.4 Å². The average Bonchev–Trinajstić information content (AvgIpc) is 2.84. The first kappa shape index (κ1) is 11.1. The molecule has 2 heterocycles. The predicted octanol–water partition coefficient (Wildman–Crippen LogP) is 2.61.